The van der Waals surface area contributed by atoms with Crippen LogP contribution in [0.15, 0.2) is 35.3 Å². The van der Waals surface area contributed by atoms with Crippen LogP contribution in [0.3, 0.4) is 0 Å². The molecule has 3 rings (SSSR count). The van der Waals surface area contributed by atoms with Crippen molar-refractivity contribution < 1.29 is 8.42 Å². The average Bonchev–Trinajstić information content (AvgIpc) is 3.14. The third-order valence-corrected chi connectivity index (χ3v) is 7.22. The van der Waals surface area contributed by atoms with Gasteiger partial charge >= 0.3 is 0 Å². The molecule has 7 heteroatoms. The van der Waals surface area contributed by atoms with Crippen molar-refractivity contribution >= 4 is 15.8 Å². The lowest BCUT2D eigenvalue weighted by Crippen LogP contribution is -2.46. The van der Waals surface area contributed by atoms with E-state index in [9.17, 15) is 8.42 Å². The summed E-state index contributed by atoms with van der Waals surface area (Å²) in [5, 5.41) is 6.82. The Morgan fingerprint density at radius 2 is 2.08 bits per heavy atom. The lowest BCUT2D eigenvalue weighted by Gasteiger charge is -2.21. The fourth-order valence-corrected chi connectivity index (χ4v) is 5.77. The molecule has 2 N–H and O–H groups in total. The molecule has 3 unspecified atom stereocenters. The molecular formula is C19H30N4O2S. The Morgan fingerprint density at radius 1 is 1.31 bits per heavy atom. The first-order valence-corrected chi connectivity index (χ1v) is 11.2. The van der Waals surface area contributed by atoms with Crippen molar-refractivity contribution in [3.8, 4) is 0 Å². The van der Waals surface area contributed by atoms with Gasteiger partial charge in [-0.3, -0.25) is 9.89 Å². The maximum absolute atomic E-state index is 11.6. The predicted molar refractivity (Wildman–Crippen MR) is 106 cm³/mol. The Hall–Kier alpha value is -1.60. The second kappa shape index (κ2) is 8.39. The summed E-state index contributed by atoms with van der Waals surface area (Å²) in [7, 11) is -1.06. The van der Waals surface area contributed by atoms with Crippen LogP contribution in [0.4, 0.5) is 0 Å². The van der Waals surface area contributed by atoms with Gasteiger partial charge in [-0.2, -0.15) is 0 Å². The highest BCUT2D eigenvalue weighted by Gasteiger charge is 2.30. The number of benzene rings is 1. The molecule has 0 aromatic heterocycles. The summed E-state index contributed by atoms with van der Waals surface area (Å²) in [5.41, 5.74) is 1.34. The Bertz CT molecular complexity index is 720. The summed E-state index contributed by atoms with van der Waals surface area (Å²) in [6, 6.07) is 11.4. The Kier molecular flexibility index (Phi) is 6.19. The second-order valence-corrected chi connectivity index (χ2v) is 9.79. The highest BCUT2D eigenvalue weighted by atomic mass is 32.2. The zero-order valence-corrected chi connectivity index (χ0v) is 16.5. The van der Waals surface area contributed by atoms with Gasteiger partial charge in [-0.25, -0.2) is 8.42 Å². The van der Waals surface area contributed by atoms with Gasteiger partial charge in [0.2, 0.25) is 0 Å². The minimum Gasteiger partial charge on any atom is -0.356 e. The Balaban J connectivity index is 1.47. The van der Waals surface area contributed by atoms with E-state index in [0.717, 1.165) is 31.9 Å². The van der Waals surface area contributed by atoms with E-state index in [1.165, 1.54) is 5.56 Å². The molecule has 3 atom stereocenters. The zero-order chi connectivity index (χ0) is 18.6. The number of sulfone groups is 1. The van der Waals surface area contributed by atoms with Gasteiger partial charge in [0.05, 0.1) is 11.5 Å². The topological polar surface area (TPSA) is 73.8 Å². The fourth-order valence-electron chi connectivity index (χ4n) is 3.90. The normalized spacial score (nSPS) is 29.0. The molecule has 2 heterocycles. The first-order valence-electron chi connectivity index (χ1n) is 9.41. The molecule has 0 spiro atoms. The Labute approximate surface area is 157 Å². The number of likely N-dealkylation sites (tertiary alicyclic amines) is 1. The van der Waals surface area contributed by atoms with Crippen LogP contribution in [0.5, 0.6) is 0 Å². The van der Waals surface area contributed by atoms with Gasteiger partial charge in [-0.1, -0.05) is 30.3 Å². The molecule has 0 aliphatic carbocycles. The van der Waals surface area contributed by atoms with E-state index in [-0.39, 0.29) is 5.92 Å². The van der Waals surface area contributed by atoms with Crippen molar-refractivity contribution in [1.82, 2.24) is 15.5 Å². The lowest BCUT2D eigenvalue weighted by atomic mass is 10.1. The smallest absolute Gasteiger partial charge is 0.191 e. The standard InChI is InChI=1S/C19H30N4O2S/c1-15-10-18(13-23(15)12-16-6-4-3-5-7-16)22-19(20-2)21-11-17-8-9-26(24,25)14-17/h3-7,15,17-18H,8-14H2,1-2H3,(H2,20,21,22). The first-order chi connectivity index (χ1) is 12.4. The summed E-state index contributed by atoms with van der Waals surface area (Å²) < 4.78 is 23.2. The highest BCUT2D eigenvalue weighted by Crippen LogP contribution is 2.20. The molecule has 1 aromatic rings. The molecule has 0 amide bonds. The number of nitrogens with zero attached hydrogens (tertiary/aromatic N) is 2. The van der Waals surface area contributed by atoms with Crippen molar-refractivity contribution in [2.75, 3.05) is 31.6 Å². The molecule has 1 aromatic carbocycles. The monoisotopic (exact) mass is 378 g/mol. The summed E-state index contributed by atoms with van der Waals surface area (Å²) in [6.07, 6.45) is 1.82. The second-order valence-electron chi connectivity index (χ2n) is 7.56. The van der Waals surface area contributed by atoms with Crippen LogP contribution in [-0.2, 0) is 16.4 Å². The molecule has 6 nitrogen and oxygen atoms in total. The van der Waals surface area contributed by atoms with Crippen LogP contribution in [0.25, 0.3) is 0 Å². The molecule has 0 saturated carbocycles. The number of guanidine groups is 1. The summed E-state index contributed by atoms with van der Waals surface area (Å²) in [6.45, 7) is 4.87. The fraction of sp³-hybridized carbons (Fsp3) is 0.632. The van der Waals surface area contributed by atoms with Crippen LogP contribution < -0.4 is 10.6 Å². The van der Waals surface area contributed by atoms with E-state index in [1.54, 1.807) is 7.05 Å². The number of rotatable bonds is 5. The van der Waals surface area contributed by atoms with E-state index in [1.807, 2.05) is 6.07 Å². The number of aliphatic imine (C=N–C) groups is 1. The molecule has 2 aliphatic heterocycles. The van der Waals surface area contributed by atoms with E-state index in [4.69, 9.17) is 0 Å². The van der Waals surface area contributed by atoms with Crippen molar-refractivity contribution in [3.63, 3.8) is 0 Å². The average molecular weight is 379 g/mol. The summed E-state index contributed by atoms with van der Waals surface area (Å²) in [4.78, 5) is 6.80. The van der Waals surface area contributed by atoms with Crippen molar-refractivity contribution in [3.05, 3.63) is 35.9 Å². The van der Waals surface area contributed by atoms with Gasteiger partial charge < -0.3 is 10.6 Å². The maximum Gasteiger partial charge on any atom is 0.191 e. The maximum atomic E-state index is 11.6. The molecule has 2 aliphatic rings. The van der Waals surface area contributed by atoms with Crippen molar-refractivity contribution in [1.29, 1.82) is 0 Å². The van der Waals surface area contributed by atoms with Gasteiger partial charge in [-0.15, -0.1) is 0 Å². The SMILES string of the molecule is CN=C(NCC1CCS(=O)(=O)C1)NC1CC(C)N(Cc2ccccc2)C1. The molecule has 26 heavy (non-hydrogen) atoms. The zero-order valence-electron chi connectivity index (χ0n) is 15.7. The van der Waals surface area contributed by atoms with E-state index in [0.29, 0.717) is 30.1 Å². The first kappa shape index (κ1) is 19.2. The predicted octanol–water partition coefficient (Wildman–Crippen LogP) is 1.25. The Morgan fingerprint density at radius 3 is 2.73 bits per heavy atom. The number of hydrogen-bond acceptors (Lipinski definition) is 4. The summed E-state index contributed by atoms with van der Waals surface area (Å²) in [5.74, 6) is 1.58. The molecule has 0 bridgehead atoms. The van der Waals surface area contributed by atoms with Crippen molar-refractivity contribution in [2.45, 2.75) is 38.4 Å². The summed E-state index contributed by atoms with van der Waals surface area (Å²) >= 11 is 0. The minimum atomic E-state index is -2.82. The highest BCUT2D eigenvalue weighted by molar-refractivity contribution is 7.91. The van der Waals surface area contributed by atoms with Crippen LogP contribution in [-0.4, -0.2) is 63.0 Å². The van der Waals surface area contributed by atoms with Crippen LogP contribution >= 0.6 is 0 Å². The molecular weight excluding hydrogens is 348 g/mol. The minimum absolute atomic E-state index is 0.190. The molecule has 2 saturated heterocycles. The van der Waals surface area contributed by atoms with Crippen LogP contribution in [0, 0.1) is 5.92 Å². The van der Waals surface area contributed by atoms with E-state index < -0.39 is 9.84 Å². The largest absolute Gasteiger partial charge is 0.356 e. The molecule has 144 valence electrons. The number of nitrogens with one attached hydrogen (secondary N) is 2. The van der Waals surface area contributed by atoms with E-state index >= 15 is 0 Å². The van der Waals surface area contributed by atoms with Crippen molar-refractivity contribution in [2.24, 2.45) is 10.9 Å². The van der Waals surface area contributed by atoms with Gasteiger partial charge in [0, 0.05) is 38.8 Å². The quantitative estimate of drug-likeness (QED) is 0.596. The third kappa shape index (κ3) is 5.20. The molecule has 2 fully saturated rings. The van der Waals surface area contributed by atoms with Gasteiger partial charge in [0.25, 0.3) is 0 Å². The third-order valence-electron chi connectivity index (χ3n) is 5.38. The lowest BCUT2D eigenvalue weighted by molar-refractivity contribution is 0.258. The number of hydrogen-bond donors (Lipinski definition) is 2. The van der Waals surface area contributed by atoms with E-state index in [2.05, 4.69) is 51.7 Å². The molecule has 0 radical (unpaired) electrons. The van der Waals surface area contributed by atoms with Gasteiger partial charge in [0.15, 0.2) is 15.8 Å². The van der Waals surface area contributed by atoms with Crippen LogP contribution in [0.1, 0.15) is 25.3 Å². The van der Waals surface area contributed by atoms with Gasteiger partial charge in [-0.05, 0) is 31.2 Å². The van der Waals surface area contributed by atoms with Gasteiger partial charge in [0.1, 0.15) is 0 Å². The van der Waals surface area contributed by atoms with Crippen LogP contribution in [0.2, 0.25) is 0 Å².